The van der Waals surface area contributed by atoms with Crippen molar-refractivity contribution in [3.8, 4) is 10.4 Å². The third kappa shape index (κ3) is 5.94. The zero-order chi connectivity index (χ0) is 20.6. The van der Waals surface area contributed by atoms with Crippen LogP contribution in [0.25, 0.3) is 10.4 Å². The summed E-state index contributed by atoms with van der Waals surface area (Å²) >= 11 is 1.69. The Labute approximate surface area is 178 Å². The van der Waals surface area contributed by atoms with Gasteiger partial charge in [0.25, 0.3) is 0 Å². The molecule has 0 aliphatic heterocycles. The standard InChI is InChI=1S/C21H29N3O3S2/c1-2-24-29(27)19-12-15(13-20(26)22-10-11-25)8-9-17(19)18-14-23-21(28-18)16-6-4-3-5-7-16/h8-9,12,14,16,24-25H,2-7,10-11,13H2,1H3,(H,22,26). The molecule has 0 spiro atoms. The average Bonchev–Trinajstić information content (AvgIpc) is 3.23. The van der Waals surface area contributed by atoms with E-state index in [0.29, 0.717) is 17.4 Å². The lowest BCUT2D eigenvalue weighted by Gasteiger charge is -2.18. The summed E-state index contributed by atoms with van der Waals surface area (Å²) in [6.07, 6.45) is 8.32. The van der Waals surface area contributed by atoms with E-state index in [2.05, 4.69) is 15.0 Å². The fourth-order valence-electron chi connectivity index (χ4n) is 3.64. The Morgan fingerprint density at radius 3 is 2.83 bits per heavy atom. The zero-order valence-corrected chi connectivity index (χ0v) is 18.4. The van der Waals surface area contributed by atoms with Gasteiger partial charge in [-0.1, -0.05) is 38.3 Å². The van der Waals surface area contributed by atoms with Crippen molar-refractivity contribution in [3.05, 3.63) is 35.0 Å². The summed E-state index contributed by atoms with van der Waals surface area (Å²) in [5, 5.41) is 12.7. The van der Waals surface area contributed by atoms with Gasteiger partial charge in [-0.3, -0.25) is 4.79 Å². The van der Waals surface area contributed by atoms with Gasteiger partial charge in [0.15, 0.2) is 0 Å². The number of carbonyl (C=O) groups excluding carboxylic acids is 1. The first-order valence-corrected chi connectivity index (χ1v) is 12.2. The molecular formula is C21H29N3O3S2. The van der Waals surface area contributed by atoms with Gasteiger partial charge in [-0.05, 0) is 24.5 Å². The van der Waals surface area contributed by atoms with Gasteiger partial charge < -0.3 is 10.4 Å². The number of benzene rings is 1. The van der Waals surface area contributed by atoms with Crippen LogP contribution in [0.1, 0.15) is 55.5 Å². The first-order valence-electron chi connectivity index (χ1n) is 10.2. The fraction of sp³-hybridized carbons (Fsp3) is 0.524. The van der Waals surface area contributed by atoms with Crippen LogP contribution in [0.3, 0.4) is 0 Å². The summed E-state index contributed by atoms with van der Waals surface area (Å²) in [6, 6.07) is 5.69. The highest BCUT2D eigenvalue weighted by Crippen LogP contribution is 2.38. The molecule has 1 unspecified atom stereocenters. The Morgan fingerprint density at radius 2 is 2.10 bits per heavy atom. The van der Waals surface area contributed by atoms with E-state index in [9.17, 15) is 9.00 Å². The maximum absolute atomic E-state index is 12.8. The number of aliphatic hydroxyl groups excluding tert-OH is 1. The molecule has 0 saturated heterocycles. The van der Waals surface area contributed by atoms with Crippen LogP contribution in [-0.4, -0.2) is 39.9 Å². The minimum atomic E-state index is -1.36. The molecule has 6 nitrogen and oxygen atoms in total. The normalized spacial score (nSPS) is 15.9. The van der Waals surface area contributed by atoms with E-state index in [1.807, 2.05) is 31.3 Å². The Kier molecular flexibility index (Phi) is 8.35. The van der Waals surface area contributed by atoms with Crippen molar-refractivity contribution in [3.63, 3.8) is 0 Å². The van der Waals surface area contributed by atoms with E-state index in [1.54, 1.807) is 11.3 Å². The first-order chi connectivity index (χ1) is 14.1. The van der Waals surface area contributed by atoms with Crippen molar-refractivity contribution in [1.82, 2.24) is 15.0 Å². The monoisotopic (exact) mass is 435 g/mol. The smallest absolute Gasteiger partial charge is 0.224 e. The van der Waals surface area contributed by atoms with Crippen molar-refractivity contribution in [2.24, 2.45) is 0 Å². The summed E-state index contributed by atoms with van der Waals surface area (Å²) in [5.74, 6) is 0.379. The SMILES string of the molecule is CCNS(=O)c1cc(CC(=O)NCCO)ccc1-c1cnc(C2CCCCC2)s1. The van der Waals surface area contributed by atoms with Crippen molar-refractivity contribution >= 4 is 28.2 Å². The number of aromatic nitrogens is 1. The molecule has 0 bridgehead atoms. The van der Waals surface area contributed by atoms with E-state index < -0.39 is 11.0 Å². The number of amides is 1. The zero-order valence-electron chi connectivity index (χ0n) is 16.8. The molecule has 29 heavy (non-hydrogen) atoms. The average molecular weight is 436 g/mol. The maximum atomic E-state index is 12.8. The van der Waals surface area contributed by atoms with Gasteiger partial charge in [0.2, 0.25) is 5.91 Å². The highest BCUT2D eigenvalue weighted by Gasteiger charge is 2.21. The number of rotatable bonds is 9. The summed E-state index contributed by atoms with van der Waals surface area (Å²) in [7, 11) is -1.36. The summed E-state index contributed by atoms with van der Waals surface area (Å²) < 4.78 is 15.8. The molecular weight excluding hydrogens is 406 g/mol. The second kappa shape index (κ2) is 11.0. The van der Waals surface area contributed by atoms with Crippen molar-refractivity contribution in [2.75, 3.05) is 19.7 Å². The lowest BCUT2D eigenvalue weighted by atomic mass is 9.90. The second-order valence-electron chi connectivity index (χ2n) is 7.25. The predicted molar refractivity (Wildman–Crippen MR) is 117 cm³/mol. The number of aliphatic hydroxyl groups is 1. The van der Waals surface area contributed by atoms with Crippen molar-refractivity contribution in [1.29, 1.82) is 0 Å². The summed E-state index contributed by atoms with van der Waals surface area (Å²) in [6.45, 7) is 2.65. The van der Waals surface area contributed by atoms with Gasteiger partial charge in [0.1, 0.15) is 11.0 Å². The number of carbonyl (C=O) groups is 1. The van der Waals surface area contributed by atoms with Gasteiger partial charge in [0, 0.05) is 30.8 Å². The Morgan fingerprint density at radius 1 is 1.31 bits per heavy atom. The van der Waals surface area contributed by atoms with E-state index in [4.69, 9.17) is 5.11 Å². The largest absolute Gasteiger partial charge is 0.395 e. The van der Waals surface area contributed by atoms with Crippen LogP contribution in [0, 0.1) is 0 Å². The highest BCUT2D eigenvalue weighted by atomic mass is 32.2. The molecule has 3 N–H and O–H groups in total. The Balaban J connectivity index is 1.86. The predicted octanol–water partition coefficient (Wildman–Crippen LogP) is 3.14. The van der Waals surface area contributed by atoms with Gasteiger partial charge in [0.05, 0.1) is 27.8 Å². The van der Waals surface area contributed by atoms with Crippen molar-refractivity contribution < 1.29 is 14.1 Å². The number of nitrogens with one attached hydrogen (secondary N) is 2. The molecule has 1 aromatic heterocycles. The third-order valence-electron chi connectivity index (χ3n) is 5.06. The van der Waals surface area contributed by atoms with Gasteiger partial charge in [-0.15, -0.1) is 11.3 Å². The quantitative estimate of drug-likeness (QED) is 0.564. The van der Waals surface area contributed by atoms with Crippen LogP contribution < -0.4 is 10.0 Å². The van der Waals surface area contributed by atoms with Crippen LogP contribution in [0.4, 0.5) is 0 Å². The molecule has 1 heterocycles. The molecule has 8 heteroatoms. The van der Waals surface area contributed by atoms with E-state index in [0.717, 1.165) is 16.0 Å². The van der Waals surface area contributed by atoms with Gasteiger partial charge in [-0.25, -0.2) is 13.9 Å². The van der Waals surface area contributed by atoms with Crippen molar-refractivity contribution in [2.45, 2.75) is 56.3 Å². The van der Waals surface area contributed by atoms with Crippen LogP contribution in [0.2, 0.25) is 0 Å². The number of hydrogen-bond acceptors (Lipinski definition) is 5. The maximum Gasteiger partial charge on any atom is 0.224 e. The van der Waals surface area contributed by atoms with Gasteiger partial charge in [-0.2, -0.15) is 0 Å². The topological polar surface area (TPSA) is 91.3 Å². The van der Waals surface area contributed by atoms with Crippen LogP contribution in [0.15, 0.2) is 29.3 Å². The lowest BCUT2D eigenvalue weighted by Crippen LogP contribution is -2.27. The van der Waals surface area contributed by atoms with Crippen LogP contribution in [0.5, 0.6) is 0 Å². The Bertz CT molecular complexity index is 847. The second-order valence-corrected chi connectivity index (χ2v) is 9.57. The first kappa shape index (κ1) is 22.1. The van der Waals surface area contributed by atoms with Gasteiger partial charge >= 0.3 is 0 Å². The third-order valence-corrected chi connectivity index (χ3v) is 7.54. The van der Waals surface area contributed by atoms with Crippen LogP contribution >= 0.6 is 11.3 Å². The lowest BCUT2D eigenvalue weighted by molar-refractivity contribution is -0.120. The van der Waals surface area contributed by atoms with E-state index in [1.165, 1.54) is 37.1 Å². The van der Waals surface area contributed by atoms with E-state index in [-0.39, 0.29) is 25.5 Å². The number of thiazole rings is 1. The minimum Gasteiger partial charge on any atom is -0.395 e. The molecule has 1 aromatic carbocycles. The minimum absolute atomic E-state index is 0.0882. The molecule has 1 aliphatic rings. The molecule has 158 valence electrons. The van der Waals surface area contributed by atoms with E-state index >= 15 is 0 Å². The molecule has 1 atom stereocenters. The number of hydrogen-bond donors (Lipinski definition) is 3. The Hall–Kier alpha value is -1.61. The molecule has 1 aliphatic carbocycles. The molecule has 3 rings (SSSR count). The summed E-state index contributed by atoms with van der Waals surface area (Å²) in [5.41, 5.74) is 1.70. The molecule has 1 fully saturated rings. The van der Waals surface area contributed by atoms with Crippen LogP contribution in [-0.2, 0) is 22.2 Å². The molecule has 0 radical (unpaired) electrons. The summed E-state index contributed by atoms with van der Waals surface area (Å²) in [4.78, 5) is 18.4. The fourth-order valence-corrected chi connectivity index (χ4v) is 5.88. The number of nitrogens with zero attached hydrogens (tertiary/aromatic N) is 1. The molecule has 1 saturated carbocycles. The highest BCUT2D eigenvalue weighted by molar-refractivity contribution is 7.83. The molecule has 2 aromatic rings. The molecule has 1 amide bonds.